The molecule has 0 radical (unpaired) electrons. The van der Waals surface area contributed by atoms with E-state index in [4.69, 9.17) is 4.74 Å². The van der Waals surface area contributed by atoms with Crippen molar-refractivity contribution >= 4 is 11.9 Å². The van der Waals surface area contributed by atoms with Gasteiger partial charge in [-0.2, -0.15) is 0 Å². The summed E-state index contributed by atoms with van der Waals surface area (Å²) in [5.74, 6) is 0.100. The molecule has 1 aliphatic heterocycles. The number of aromatic hydroxyl groups is 1. The fourth-order valence-corrected chi connectivity index (χ4v) is 1.88. The Morgan fingerprint density at radius 3 is 2.94 bits per heavy atom. The molecule has 0 saturated carbocycles. The highest BCUT2D eigenvalue weighted by atomic mass is 16.6. The molecule has 0 aromatic heterocycles. The highest BCUT2D eigenvalue weighted by molar-refractivity contribution is 5.88. The molecule has 5 nitrogen and oxygen atoms in total. The van der Waals surface area contributed by atoms with E-state index in [1.54, 1.807) is 25.2 Å². The standard InChI is InChI=1S/C13H15NO4/c1-14-8-12(18-13(14)17)11(16)6-5-9-3-2-4-10(15)7-9/h2-4,7,12,15H,5-6,8H2,1H3/t12-/m1/s1. The number of phenolic OH excluding ortho intramolecular Hbond substituents is 1. The average Bonchev–Trinajstić information content (AvgIpc) is 2.67. The van der Waals surface area contributed by atoms with Crippen LogP contribution in [0.25, 0.3) is 0 Å². The lowest BCUT2D eigenvalue weighted by atomic mass is 10.0. The Kier molecular flexibility index (Phi) is 3.50. The van der Waals surface area contributed by atoms with E-state index < -0.39 is 12.2 Å². The third-order valence-corrected chi connectivity index (χ3v) is 2.92. The zero-order valence-electron chi connectivity index (χ0n) is 10.1. The first-order chi connectivity index (χ1) is 8.56. The molecule has 0 aliphatic carbocycles. The van der Waals surface area contributed by atoms with Crippen molar-refractivity contribution < 1.29 is 19.4 Å². The summed E-state index contributed by atoms with van der Waals surface area (Å²) < 4.78 is 4.94. The maximum Gasteiger partial charge on any atom is 0.410 e. The van der Waals surface area contributed by atoms with Crippen molar-refractivity contribution in [2.75, 3.05) is 13.6 Å². The van der Waals surface area contributed by atoms with Crippen LogP contribution in [0.2, 0.25) is 0 Å². The summed E-state index contributed by atoms with van der Waals surface area (Å²) in [7, 11) is 1.60. The predicted molar refractivity (Wildman–Crippen MR) is 64.3 cm³/mol. The fourth-order valence-electron chi connectivity index (χ4n) is 1.88. The van der Waals surface area contributed by atoms with Gasteiger partial charge >= 0.3 is 6.09 Å². The molecule has 1 N–H and O–H groups in total. The monoisotopic (exact) mass is 249 g/mol. The molecular weight excluding hydrogens is 234 g/mol. The third-order valence-electron chi connectivity index (χ3n) is 2.92. The number of ketones is 1. The number of amides is 1. The van der Waals surface area contributed by atoms with E-state index >= 15 is 0 Å². The summed E-state index contributed by atoms with van der Waals surface area (Å²) in [6.45, 7) is 0.317. The lowest BCUT2D eigenvalue weighted by molar-refractivity contribution is -0.125. The highest BCUT2D eigenvalue weighted by Gasteiger charge is 2.33. The zero-order chi connectivity index (χ0) is 13.1. The molecule has 1 atom stereocenters. The predicted octanol–water partition coefficient (Wildman–Crippen LogP) is 1.34. The van der Waals surface area contributed by atoms with Crippen molar-refractivity contribution in [1.82, 2.24) is 4.90 Å². The number of ether oxygens (including phenoxy) is 1. The van der Waals surface area contributed by atoms with Gasteiger partial charge in [0.1, 0.15) is 5.75 Å². The summed E-state index contributed by atoms with van der Waals surface area (Å²) in [4.78, 5) is 24.3. The topological polar surface area (TPSA) is 66.8 Å². The second-order valence-corrected chi connectivity index (χ2v) is 4.39. The molecule has 18 heavy (non-hydrogen) atoms. The minimum absolute atomic E-state index is 0.0870. The van der Waals surface area contributed by atoms with Crippen LogP contribution in [0.15, 0.2) is 24.3 Å². The maximum atomic E-state index is 11.8. The lowest BCUT2D eigenvalue weighted by Gasteiger charge is -2.07. The van der Waals surface area contributed by atoms with Gasteiger partial charge in [0, 0.05) is 13.5 Å². The second kappa shape index (κ2) is 5.08. The normalized spacial score (nSPS) is 18.8. The van der Waals surface area contributed by atoms with Crippen LogP contribution in [0.5, 0.6) is 5.75 Å². The average molecular weight is 249 g/mol. The number of phenols is 1. The molecule has 1 saturated heterocycles. The van der Waals surface area contributed by atoms with E-state index in [0.717, 1.165) is 5.56 Å². The molecule has 0 unspecified atom stereocenters. The van der Waals surface area contributed by atoms with E-state index in [1.807, 2.05) is 6.07 Å². The van der Waals surface area contributed by atoms with E-state index in [1.165, 1.54) is 4.90 Å². The van der Waals surface area contributed by atoms with Gasteiger partial charge in [-0.1, -0.05) is 12.1 Å². The van der Waals surface area contributed by atoms with Gasteiger partial charge in [0.2, 0.25) is 0 Å². The van der Waals surface area contributed by atoms with Crippen molar-refractivity contribution in [3.05, 3.63) is 29.8 Å². The summed E-state index contributed by atoms with van der Waals surface area (Å²) in [6, 6.07) is 6.79. The number of benzene rings is 1. The van der Waals surface area contributed by atoms with Gasteiger partial charge in [0.05, 0.1) is 6.54 Å². The molecule has 1 aromatic carbocycles. The van der Waals surface area contributed by atoms with Gasteiger partial charge in [-0.3, -0.25) is 4.79 Å². The largest absolute Gasteiger partial charge is 0.508 e. The molecule has 96 valence electrons. The highest BCUT2D eigenvalue weighted by Crippen LogP contribution is 2.15. The van der Waals surface area contributed by atoms with Crippen LogP contribution < -0.4 is 0 Å². The first-order valence-electron chi connectivity index (χ1n) is 5.78. The number of carbonyl (C=O) groups excluding carboxylic acids is 2. The second-order valence-electron chi connectivity index (χ2n) is 4.39. The fraction of sp³-hybridized carbons (Fsp3) is 0.385. The van der Waals surface area contributed by atoms with Crippen LogP contribution in [-0.2, 0) is 16.0 Å². The summed E-state index contributed by atoms with van der Waals surface area (Å²) >= 11 is 0. The first kappa shape index (κ1) is 12.4. The Hall–Kier alpha value is -2.04. The SMILES string of the molecule is CN1C[C@H](C(=O)CCc2cccc(O)c2)OC1=O. The zero-order valence-corrected chi connectivity index (χ0v) is 10.1. The van der Waals surface area contributed by atoms with Crippen LogP contribution in [0.3, 0.4) is 0 Å². The molecule has 1 fully saturated rings. The first-order valence-corrected chi connectivity index (χ1v) is 5.78. The van der Waals surface area contributed by atoms with Crippen LogP contribution in [0.4, 0.5) is 4.79 Å². The Labute approximate surface area is 105 Å². The minimum atomic E-state index is -0.653. The van der Waals surface area contributed by atoms with Gasteiger partial charge in [0.25, 0.3) is 0 Å². The molecule has 0 bridgehead atoms. The number of hydrogen-bond donors (Lipinski definition) is 1. The Morgan fingerprint density at radius 1 is 1.56 bits per heavy atom. The molecule has 1 aromatic rings. The molecule has 1 amide bonds. The summed E-state index contributed by atoms with van der Waals surface area (Å²) in [5.41, 5.74) is 0.890. The molecule has 1 aliphatic rings. The number of likely N-dealkylation sites (N-methyl/N-ethyl adjacent to an activating group) is 1. The van der Waals surface area contributed by atoms with Gasteiger partial charge in [-0.05, 0) is 24.1 Å². The van der Waals surface area contributed by atoms with Gasteiger partial charge in [0.15, 0.2) is 11.9 Å². The number of cyclic esters (lactones) is 1. The molecule has 5 heteroatoms. The Balaban J connectivity index is 1.87. The molecule has 0 spiro atoms. The van der Waals surface area contributed by atoms with Crippen molar-refractivity contribution in [2.45, 2.75) is 18.9 Å². The number of carbonyl (C=O) groups is 2. The number of rotatable bonds is 4. The van der Waals surface area contributed by atoms with Crippen molar-refractivity contribution in [3.8, 4) is 5.75 Å². The molecule has 1 heterocycles. The summed E-state index contributed by atoms with van der Waals surface area (Å²) in [6.07, 6.45) is -0.272. The van der Waals surface area contributed by atoms with Crippen LogP contribution in [0, 0.1) is 0 Å². The third kappa shape index (κ3) is 2.80. The molecular formula is C13H15NO4. The van der Waals surface area contributed by atoms with Crippen molar-refractivity contribution in [2.24, 2.45) is 0 Å². The quantitative estimate of drug-likeness (QED) is 0.874. The Morgan fingerprint density at radius 2 is 2.33 bits per heavy atom. The van der Waals surface area contributed by atoms with E-state index in [2.05, 4.69) is 0 Å². The number of nitrogens with zero attached hydrogens (tertiary/aromatic N) is 1. The number of Topliss-reactive ketones (excluding diaryl/α,β-unsaturated/α-hetero) is 1. The Bertz CT molecular complexity index is 472. The van der Waals surface area contributed by atoms with Crippen LogP contribution in [-0.4, -0.2) is 41.6 Å². The lowest BCUT2D eigenvalue weighted by Crippen LogP contribution is -2.25. The van der Waals surface area contributed by atoms with E-state index in [9.17, 15) is 14.7 Å². The van der Waals surface area contributed by atoms with Gasteiger partial charge < -0.3 is 14.7 Å². The van der Waals surface area contributed by atoms with Gasteiger partial charge in [-0.25, -0.2) is 4.79 Å². The van der Waals surface area contributed by atoms with Crippen LogP contribution in [0.1, 0.15) is 12.0 Å². The van der Waals surface area contributed by atoms with E-state index in [0.29, 0.717) is 19.4 Å². The van der Waals surface area contributed by atoms with Crippen LogP contribution >= 0.6 is 0 Å². The maximum absolute atomic E-state index is 11.8. The van der Waals surface area contributed by atoms with Crippen molar-refractivity contribution in [1.29, 1.82) is 0 Å². The van der Waals surface area contributed by atoms with E-state index in [-0.39, 0.29) is 11.5 Å². The molecule has 2 rings (SSSR count). The van der Waals surface area contributed by atoms with Gasteiger partial charge in [-0.15, -0.1) is 0 Å². The van der Waals surface area contributed by atoms with Crippen molar-refractivity contribution in [3.63, 3.8) is 0 Å². The summed E-state index contributed by atoms with van der Waals surface area (Å²) in [5, 5.41) is 9.30. The smallest absolute Gasteiger partial charge is 0.410 e. The minimum Gasteiger partial charge on any atom is -0.508 e. The number of aryl methyl sites for hydroxylation is 1. The number of hydrogen-bond acceptors (Lipinski definition) is 4.